The van der Waals surface area contributed by atoms with Gasteiger partial charge in [0.15, 0.2) is 0 Å². The Balaban J connectivity index is 2.64. The topological polar surface area (TPSA) is 18.5 Å². The van der Waals surface area contributed by atoms with Gasteiger partial charge in [-0.15, -0.1) is 0 Å². The van der Waals surface area contributed by atoms with Gasteiger partial charge in [0.2, 0.25) is 0 Å². The molecule has 0 aromatic heterocycles. The quantitative estimate of drug-likeness (QED) is 0.713. The van der Waals surface area contributed by atoms with Gasteiger partial charge < -0.3 is 6.18 Å². The van der Waals surface area contributed by atoms with E-state index in [1.165, 1.54) is 0 Å². The minimum absolute atomic E-state index is 0.352. The van der Waals surface area contributed by atoms with Crippen molar-refractivity contribution >= 4 is 70.1 Å². The van der Waals surface area contributed by atoms with Crippen LogP contribution in [-0.2, 0) is 6.18 Å². The highest BCUT2D eigenvalue weighted by Crippen LogP contribution is 1.93. The van der Waals surface area contributed by atoms with Crippen LogP contribution in [0.15, 0.2) is 30.3 Å². The molecule has 0 unspecified atom stereocenters. The summed E-state index contributed by atoms with van der Waals surface area (Å²) in [6.07, 6.45) is 0. The summed E-state index contributed by atoms with van der Waals surface area (Å²) in [5.74, 6) is 0. The number of rotatable bonds is 5. The Morgan fingerprint density at radius 3 is 2.00 bits per heavy atom. The van der Waals surface area contributed by atoms with Gasteiger partial charge in [-0.2, -0.15) is 0 Å². The first kappa shape index (κ1) is 12.4. The van der Waals surface area contributed by atoms with Crippen LogP contribution in [0.5, 0.6) is 0 Å². The van der Waals surface area contributed by atoms with Gasteiger partial charge in [0.05, 0.1) is 0 Å². The molecule has 1 aromatic carbocycles. The zero-order valence-electron chi connectivity index (χ0n) is 6.95. The molecule has 62 valence electrons. The maximum Gasteiger partial charge on any atom is 0.687 e. The van der Waals surface area contributed by atoms with Crippen LogP contribution in [-0.4, -0.2) is 46.5 Å². The normalized spacial score (nSPS) is 8.77. The Morgan fingerprint density at radius 2 is 1.54 bits per heavy atom. The highest BCUT2D eigenvalue weighted by atomic mass is 35.5. The molecule has 0 heterocycles. The highest BCUT2D eigenvalue weighted by Gasteiger charge is 2.18. The number of hydrogen-bond acceptors (Lipinski definition) is 2. The molecule has 0 aliphatic heterocycles. The van der Waals surface area contributed by atoms with Crippen molar-refractivity contribution < 1.29 is 6.18 Å². The maximum atomic E-state index is 5.59. The van der Waals surface area contributed by atoms with Crippen LogP contribution in [0.4, 0.5) is 0 Å². The molecule has 0 atom stereocenters. The third kappa shape index (κ3) is 4.57. The van der Waals surface area contributed by atoms with Gasteiger partial charge in [-0.3, -0.25) is 18.1 Å². The van der Waals surface area contributed by atoms with Gasteiger partial charge in [0.25, 0.3) is 0 Å². The van der Waals surface area contributed by atoms with E-state index in [1.54, 1.807) is 0 Å². The maximum absolute atomic E-state index is 5.59. The van der Waals surface area contributed by atoms with E-state index in [2.05, 4.69) is 0 Å². The first-order chi connectivity index (χ1) is 6.38. The Kier molecular flexibility index (Phi) is 7.23. The monoisotopic (exact) mass is 238 g/mol. The summed E-state index contributed by atoms with van der Waals surface area (Å²) in [5, 5.41) is 0. The Bertz CT molecular complexity index is 233. The third-order valence-electron chi connectivity index (χ3n) is 1.50. The van der Waals surface area contributed by atoms with Gasteiger partial charge >= 0.3 is 46.5 Å². The summed E-state index contributed by atoms with van der Waals surface area (Å²) in [5.41, 5.74) is 0.976. The lowest BCUT2D eigenvalue weighted by molar-refractivity contribution is 0.485. The van der Waals surface area contributed by atoms with Gasteiger partial charge in [0.1, 0.15) is 0 Å². The summed E-state index contributed by atoms with van der Waals surface area (Å²) in [6.45, 7) is 0. The van der Waals surface area contributed by atoms with E-state index >= 15 is 0 Å². The molecule has 13 heavy (non-hydrogen) atoms. The van der Waals surface area contributed by atoms with Gasteiger partial charge in [0, 0.05) is 0 Å². The summed E-state index contributed by atoms with van der Waals surface area (Å²) in [4.78, 5) is 0. The van der Waals surface area contributed by atoms with Crippen molar-refractivity contribution in [1.82, 2.24) is 0 Å². The number of hydrogen-bond donors (Lipinski definition) is 0. The zero-order chi connectivity index (χ0) is 9.52. The van der Waals surface area contributed by atoms with E-state index < -0.39 is 39.3 Å². The largest absolute Gasteiger partial charge is 0.687 e. The highest BCUT2D eigenvalue weighted by molar-refractivity contribution is 6.96. The van der Waals surface area contributed by atoms with Gasteiger partial charge in [-0.1, -0.05) is 30.3 Å². The molecule has 0 bridgehead atoms. The lowest BCUT2D eigenvalue weighted by atomic mass is 9.80. The molecule has 0 amide bonds. The Morgan fingerprint density at radius 1 is 1.00 bits per heavy atom. The van der Waals surface area contributed by atoms with Crippen molar-refractivity contribution in [2.45, 2.75) is 0 Å². The molecule has 2 nitrogen and oxygen atoms in total. The van der Waals surface area contributed by atoms with Crippen molar-refractivity contribution in [2.24, 2.45) is 0 Å². The van der Waals surface area contributed by atoms with Crippen molar-refractivity contribution in [3.63, 3.8) is 0 Å². The fraction of sp³-hybridized carbons (Fsp3) is 0. The van der Waals surface area contributed by atoms with E-state index in [1.807, 2.05) is 30.3 Å². The second-order valence-electron chi connectivity index (χ2n) is 2.29. The molecular weight excluding hydrogens is 234 g/mol. The van der Waals surface area contributed by atoms with E-state index in [-0.39, 0.29) is 7.12 Å². The lowest BCUT2D eigenvalue weighted by Crippen LogP contribution is -2.37. The van der Waals surface area contributed by atoms with E-state index in [0.29, 0.717) is 0 Å². The van der Waals surface area contributed by atoms with Crippen molar-refractivity contribution in [3.05, 3.63) is 30.3 Å². The lowest BCUT2D eigenvalue weighted by Gasteiger charge is -2.14. The minimum atomic E-state index is -0.987. The molecule has 1 aromatic rings. The predicted octanol–water partition coefficient (Wildman–Crippen LogP) is 0.961. The van der Waals surface area contributed by atoms with Crippen molar-refractivity contribution in [1.29, 1.82) is 0 Å². The van der Waals surface area contributed by atoms with Crippen molar-refractivity contribution in [2.75, 3.05) is 0 Å². The average molecular weight is 239 g/mol. The number of halogens is 2. The molecule has 7 heteroatoms. The summed E-state index contributed by atoms with van der Waals surface area (Å²) in [7, 11) is 10.8. The molecule has 0 aliphatic carbocycles. The standard InChI is InChI=1S/C6H5BO2.2ClH.2Mg/c8-7(9)6-4-2-1-3-5-6;;;;/h1-5H;2*1H;;/q-2;;;2*+2/p-2. The SMILES string of the molecule is [Cl][Mg][O]B([O][Mg][Cl])c1ccccc1. The molecule has 1 rings (SSSR count). The first-order valence-electron chi connectivity index (χ1n) is 3.78. The molecule has 0 radical (unpaired) electrons. The fourth-order valence-corrected chi connectivity index (χ4v) is 2.65. The van der Waals surface area contributed by atoms with Crippen molar-refractivity contribution in [3.8, 4) is 0 Å². The molecular formula is C6H5BCl2Mg2O2. The zero-order valence-corrected chi connectivity index (χ0v) is 11.3. The smallest absolute Gasteiger partial charge is 0.590 e. The van der Waals surface area contributed by atoms with Gasteiger partial charge in [-0.25, -0.2) is 0 Å². The molecule has 0 aliphatic rings. The predicted molar refractivity (Wildman–Crippen MR) is 57.2 cm³/mol. The van der Waals surface area contributed by atoms with Crippen LogP contribution in [0.2, 0.25) is 0 Å². The second-order valence-corrected chi connectivity index (χ2v) is 4.71. The summed E-state index contributed by atoms with van der Waals surface area (Å²) in [6, 6.07) is 9.68. The molecule has 0 saturated carbocycles. The number of benzene rings is 1. The van der Waals surface area contributed by atoms with Gasteiger partial charge in [-0.05, 0) is 5.46 Å². The van der Waals surface area contributed by atoms with E-state index in [0.717, 1.165) is 5.46 Å². The molecule has 0 saturated heterocycles. The van der Waals surface area contributed by atoms with E-state index in [9.17, 15) is 0 Å². The molecule has 0 fully saturated rings. The molecule has 0 N–H and O–H groups in total. The van der Waals surface area contributed by atoms with E-state index in [4.69, 9.17) is 24.3 Å². The summed E-state index contributed by atoms with van der Waals surface area (Å²) >= 11 is -1.97. The Labute approximate surface area is 105 Å². The fourth-order valence-electron chi connectivity index (χ4n) is 0.965. The Hall–Kier alpha value is 1.32. The molecule has 0 spiro atoms. The van der Waals surface area contributed by atoms with Crippen LogP contribution >= 0.6 is 18.1 Å². The minimum Gasteiger partial charge on any atom is -0.590 e. The third-order valence-corrected chi connectivity index (χ3v) is 3.11. The van der Waals surface area contributed by atoms with Crippen LogP contribution in [0, 0.1) is 0 Å². The first-order valence-corrected chi connectivity index (χ1v) is 9.21. The van der Waals surface area contributed by atoms with Crippen LogP contribution in [0.25, 0.3) is 0 Å². The van der Waals surface area contributed by atoms with Crippen LogP contribution in [0.3, 0.4) is 0 Å². The average Bonchev–Trinajstić information content (AvgIpc) is 2.19. The second kappa shape index (κ2) is 7.59. The van der Waals surface area contributed by atoms with Crippen LogP contribution < -0.4 is 5.46 Å². The van der Waals surface area contributed by atoms with Crippen LogP contribution in [0.1, 0.15) is 0 Å². The summed E-state index contributed by atoms with van der Waals surface area (Å²) < 4.78 is 10.6.